The van der Waals surface area contributed by atoms with Crippen LogP contribution in [0, 0.1) is 0 Å². The second-order valence-electron chi connectivity index (χ2n) is 4.94. The van der Waals surface area contributed by atoms with Crippen LogP contribution in [0.15, 0.2) is 47.4 Å². The van der Waals surface area contributed by atoms with Crippen LogP contribution in [0.3, 0.4) is 0 Å². The number of ether oxygens (including phenoxy) is 1. The highest BCUT2D eigenvalue weighted by Gasteiger charge is 2.36. The van der Waals surface area contributed by atoms with Gasteiger partial charge in [-0.2, -0.15) is 13.2 Å². The number of methoxy groups -OCH3 is 1. The van der Waals surface area contributed by atoms with Crippen LogP contribution in [0.25, 0.3) is 0 Å². The molecule has 0 spiro atoms. The summed E-state index contributed by atoms with van der Waals surface area (Å²) >= 11 is 0. The molecule has 1 aromatic carbocycles. The lowest BCUT2D eigenvalue weighted by Crippen LogP contribution is -2.32. The summed E-state index contributed by atoms with van der Waals surface area (Å²) in [4.78, 5) is 26.2. The minimum Gasteiger partial charge on any atom is -0.367 e. The molecule has 128 valence electrons. The monoisotopic (exact) mass is 340 g/mol. The van der Waals surface area contributed by atoms with E-state index in [4.69, 9.17) is 4.74 Å². The van der Waals surface area contributed by atoms with Crippen LogP contribution in [-0.2, 0) is 22.3 Å². The number of pyridine rings is 1. The van der Waals surface area contributed by atoms with Gasteiger partial charge in [-0.15, -0.1) is 0 Å². The fraction of sp³-hybridized carbons (Fsp3) is 0.250. The van der Waals surface area contributed by atoms with Crippen molar-refractivity contribution < 1.29 is 22.7 Å². The van der Waals surface area contributed by atoms with Gasteiger partial charge in [0.1, 0.15) is 0 Å². The van der Waals surface area contributed by atoms with Crippen molar-refractivity contribution in [1.29, 1.82) is 0 Å². The van der Waals surface area contributed by atoms with E-state index in [0.29, 0.717) is 0 Å². The van der Waals surface area contributed by atoms with Crippen LogP contribution in [-0.4, -0.2) is 18.0 Å². The Kier molecular flexibility index (Phi) is 5.40. The summed E-state index contributed by atoms with van der Waals surface area (Å²) in [6, 6.07) is 7.79. The highest BCUT2D eigenvalue weighted by molar-refractivity contribution is 5.82. The number of nitrogens with one attached hydrogen (secondary N) is 2. The van der Waals surface area contributed by atoms with E-state index in [-0.39, 0.29) is 23.2 Å². The lowest BCUT2D eigenvalue weighted by Gasteiger charge is -2.20. The van der Waals surface area contributed by atoms with Crippen molar-refractivity contribution in [3.63, 3.8) is 0 Å². The zero-order valence-corrected chi connectivity index (χ0v) is 12.7. The molecule has 5 nitrogen and oxygen atoms in total. The number of amides is 1. The smallest absolute Gasteiger partial charge is 0.367 e. The van der Waals surface area contributed by atoms with Crippen molar-refractivity contribution in [3.05, 3.63) is 69.6 Å². The van der Waals surface area contributed by atoms with Crippen molar-refractivity contribution in [3.8, 4) is 0 Å². The molecule has 0 saturated carbocycles. The van der Waals surface area contributed by atoms with E-state index in [1.54, 1.807) is 6.07 Å². The molecule has 0 radical (unpaired) electrons. The number of aromatic nitrogens is 1. The average molecular weight is 340 g/mol. The molecule has 0 bridgehead atoms. The fourth-order valence-electron chi connectivity index (χ4n) is 2.23. The van der Waals surface area contributed by atoms with E-state index in [0.717, 1.165) is 13.2 Å². The molecule has 1 amide bonds. The molecule has 2 aromatic rings. The molecule has 1 aromatic heterocycles. The number of H-pyrrole nitrogens is 1. The van der Waals surface area contributed by atoms with Gasteiger partial charge in [0, 0.05) is 31.0 Å². The minimum atomic E-state index is -4.61. The maximum absolute atomic E-state index is 13.1. The highest BCUT2D eigenvalue weighted by Crippen LogP contribution is 2.35. The lowest BCUT2D eigenvalue weighted by atomic mass is 10.0. The van der Waals surface area contributed by atoms with E-state index < -0.39 is 23.8 Å². The van der Waals surface area contributed by atoms with Crippen molar-refractivity contribution in [1.82, 2.24) is 10.3 Å². The molecule has 0 aliphatic carbocycles. The molecular weight excluding hydrogens is 325 g/mol. The maximum Gasteiger partial charge on any atom is 0.416 e. The summed E-state index contributed by atoms with van der Waals surface area (Å²) in [6.07, 6.45) is -4.61. The molecular formula is C16H15F3N2O3. The second kappa shape index (κ2) is 7.31. The summed E-state index contributed by atoms with van der Waals surface area (Å²) < 4.78 is 44.2. The zero-order valence-electron chi connectivity index (χ0n) is 12.7. The first-order chi connectivity index (χ1) is 11.3. The van der Waals surface area contributed by atoms with Gasteiger partial charge in [-0.3, -0.25) is 9.59 Å². The first-order valence-electron chi connectivity index (χ1n) is 6.97. The Bertz CT molecular complexity index is 771. The molecule has 1 atom stereocenters. The Labute approximate surface area is 135 Å². The summed E-state index contributed by atoms with van der Waals surface area (Å²) in [5.41, 5.74) is -1.33. The number of hydrogen-bond donors (Lipinski definition) is 2. The third-order valence-corrected chi connectivity index (χ3v) is 3.38. The van der Waals surface area contributed by atoms with Crippen LogP contribution >= 0.6 is 0 Å². The highest BCUT2D eigenvalue weighted by atomic mass is 19.4. The van der Waals surface area contributed by atoms with Crippen molar-refractivity contribution in [2.75, 3.05) is 7.11 Å². The van der Waals surface area contributed by atoms with E-state index >= 15 is 0 Å². The van der Waals surface area contributed by atoms with Gasteiger partial charge in [-0.1, -0.05) is 24.3 Å². The average Bonchev–Trinajstić information content (AvgIpc) is 2.54. The fourth-order valence-corrected chi connectivity index (χ4v) is 2.23. The quantitative estimate of drug-likeness (QED) is 0.878. The summed E-state index contributed by atoms with van der Waals surface area (Å²) in [5, 5.41) is 2.42. The molecule has 2 N–H and O–H groups in total. The zero-order chi connectivity index (χ0) is 17.7. The number of hydrogen-bond acceptors (Lipinski definition) is 3. The third kappa shape index (κ3) is 4.02. The molecule has 1 unspecified atom stereocenters. The molecule has 0 saturated heterocycles. The number of rotatable bonds is 5. The second-order valence-corrected chi connectivity index (χ2v) is 4.94. The summed E-state index contributed by atoms with van der Waals surface area (Å²) in [5.74, 6) is -0.766. The minimum absolute atomic E-state index is 0.122. The first kappa shape index (κ1) is 17.7. The Morgan fingerprint density at radius 3 is 2.58 bits per heavy atom. The molecule has 1 heterocycles. The number of benzene rings is 1. The molecule has 0 aliphatic rings. The summed E-state index contributed by atoms with van der Waals surface area (Å²) in [7, 11) is 1.15. The summed E-state index contributed by atoms with van der Waals surface area (Å²) in [6.45, 7) is -0.122. The topological polar surface area (TPSA) is 71.2 Å². The predicted octanol–water partition coefficient (Wildman–Crippen LogP) is 2.40. The van der Waals surface area contributed by atoms with Gasteiger partial charge < -0.3 is 15.0 Å². The SMILES string of the molecule is COC(C(=O)NCc1ccc[nH]c1=O)c1ccccc1C(F)(F)F. The van der Waals surface area contributed by atoms with Crippen LogP contribution in [0.5, 0.6) is 0 Å². The Balaban J connectivity index is 2.21. The molecule has 2 rings (SSSR count). The molecule has 0 aliphatic heterocycles. The Hall–Kier alpha value is -2.61. The van der Waals surface area contributed by atoms with E-state index in [9.17, 15) is 22.8 Å². The largest absolute Gasteiger partial charge is 0.416 e. The van der Waals surface area contributed by atoms with Gasteiger partial charge in [-0.05, 0) is 12.1 Å². The van der Waals surface area contributed by atoms with Crippen molar-refractivity contribution in [2.45, 2.75) is 18.8 Å². The van der Waals surface area contributed by atoms with Crippen LogP contribution in [0.1, 0.15) is 22.8 Å². The third-order valence-electron chi connectivity index (χ3n) is 3.38. The van der Waals surface area contributed by atoms with E-state index in [1.807, 2.05) is 0 Å². The van der Waals surface area contributed by atoms with Crippen molar-refractivity contribution in [2.24, 2.45) is 0 Å². The maximum atomic E-state index is 13.1. The van der Waals surface area contributed by atoms with Crippen LogP contribution < -0.4 is 10.9 Å². The van der Waals surface area contributed by atoms with Gasteiger partial charge in [-0.25, -0.2) is 0 Å². The van der Waals surface area contributed by atoms with Crippen LogP contribution in [0.4, 0.5) is 13.2 Å². The number of aromatic amines is 1. The standard InChI is InChI=1S/C16H15F3N2O3/c1-24-13(11-6-2-3-7-12(11)16(17,18)19)15(23)21-9-10-5-4-8-20-14(10)22/h2-8,13H,9H2,1H3,(H,20,22)(H,21,23). The molecule has 24 heavy (non-hydrogen) atoms. The normalized spacial score (nSPS) is 12.7. The number of alkyl halides is 3. The van der Waals surface area contributed by atoms with Gasteiger partial charge >= 0.3 is 6.18 Å². The Morgan fingerprint density at radius 1 is 1.25 bits per heavy atom. The van der Waals surface area contributed by atoms with E-state index in [2.05, 4.69) is 10.3 Å². The Morgan fingerprint density at radius 2 is 1.96 bits per heavy atom. The first-order valence-corrected chi connectivity index (χ1v) is 6.97. The molecule has 8 heteroatoms. The van der Waals surface area contributed by atoms with Gasteiger partial charge in [0.15, 0.2) is 6.10 Å². The van der Waals surface area contributed by atoms with Gasteiger partial charge in [0.2, 0.25) is 0 Å². The predicted molar refractivity (Wildman–Crippen MR) is 80.1 cm³/mol. The number of carbonyl (C=O) groups is 1. The van der Waals surface area contributed by atoms with Gasteiger partial charge in [0.25, 0.3) is 11.5 Å². The van der Waals surface area contributed by atoms with Crippen molar-refractivity contribution >= 4 is 5.91 Å². The van der Waals surface area contributed by atoms with Crippen LogP contribution in [0.2, 0.25) is 0 Å². The lowest BCUT2D eigenvalue weighted by molar-refractivity contribution is -0.141. The van der Waals surface area contributed by atoms with Gasteiger partial charge in [0.05, 0.1) is 5.56 Å². The molecule has 0 fully saturated rings. The number of carbonyl (C=O) groups excluding carboxylic acids is 1. The number of halogens is 3. The van der Waals surface area contributed by atoms with E-state index in [1.165, 1.54) is 30.5 Å².